The van der Waals surface area contributed by atoms with Gasteiger partial charge in [0.05, 0.1) is 12.2 Å². The van der Waals surface area contributed by atoms with Gasteiger partial charge in [0.15, 0.2) is 0 Å². The van der Waals surface area contributed by atoms with E-state index >= 15 is 0 Å². The molecule has 0 radical (unpaired) electrons. The van der Waals surface area contributed by atoms with E-state index in [9.17, 15) is 4.79 Å². The number of para-hydroxylation sites is 1. The standard InChI is InChI=1S/C21H26N2O2/c1-4-25-20-11-6-5-9-18(20)21(24)23-14-12-22(13-15-23)19-10-7-8-16(2)17(19)3/h5-11H,4,12-15H2,1-3H3. The lowest BCUT2D eigenvalue weighted by atomic mass is 10.1. The van der Waals surface area contributed by atoms with Crippen LogP contribution in [0.3, 0.4) is 0 Å². The molecule has 1 amide bonds. The molecule has 0 aliphatic carbocycles. The summed E-state index contributed by atoms with van der Waals surface area (Å²) in [6.45, 7) is 9.97. The number of benzene rings is 2. The minimum Gasteiger partial charge on any atom is -0.493 e. The Labute approximate surface area is 150 Å². The Bertz CT molecular complexity index is 749. The number of hydrogen-bond donors (Lipinski definition) is 0. The third-order valence-electron chi connectivity index (χ3n) is 4.90. The molecule has 0 atom stereocenters. The Morgan fingerprint density at radius 3 is 2.44 bits per heavy atom. The monoisotopic (exact) mass is 338 g/mol. The van der Waals surface area contributed by atoms with Crippen LogP contribution < -0.4 is 9.64 Å². The summed E-state index contributed by atoms with van der Waals surface area (Å²) in [5.41, 5.74) is 4.57. The van der Waals surface area contributed by atoms with E-state index in [1.807, 2.05) is 36.1 Å². The van der Waals surface area contributed by atoms with Crippen molar-refractivity contribution in [2.75, 3.05) is 37.7 Å². The van der Waals surface area contributed by atoms with Crippen LogP contribution in [0.15, 0.2) is 42.5 Å². The highest BCUT2D eigenvalue weighted by atomic mass is 16.5. The van der Waals surface area contributed by atoms with E-state index in [0.29, 0.717) is 17.9 Å². The molecule has 3 rings (SSSR count). The van der Waals surface area contributed by atoms with Crippen LogP contribution in [0.5, 0.6) is 5.75 Å². The van der Waals surface area contributed by atoms with Gasteiger partial charge in [-0.2, -0.15) is 0 Å². The van der Waals surface area contributed by atoms with Crippen molar-refractivity contribution in [3.05, 3.63) is 59.2 Å². The number of carbonyl (C=O) groups excluding carboxylic acids is 1. The minimum atomic E-state index is 0.0599. The molecule has 0 aromatic heterocycles. The van der Waals surface area contributed by atoms with Crippen molar-refractivity contribution < 1.29 is 9.53 Å². The molecule has 0 N–H and O–H groups in total. The molecule has 132 valence electrons. The molecule has 0 unspecified atom stereocenters. The smallest absolute Gasteiger partial charge is 0.257 e. The van der Waals surface area contributed by atoms with Gasteiger partial charge in [-0.25, -0.2) is 0 Å². The van der Waals surface area contributed by atoms with E-state index in [-0.39, 0.29) is 5.91 Å². The van der Waals surface area contributed by atoms with Gasteiger partial charge in [-0.15, -0.1) is 0 Å². The highest BCUT2D eigenvalue weighted by Gasteiger charge is 2.25. The average molecular weight is 338 g/mol. The summed E-state index contributed by atoms with van der Waals surface area (Å²) in [6, 6.07) is 13.9. The van der Waals surface area contributed by atoms with E-state index in [0.717, 1.165) is 26.2 Å². The van der Waals surface area contributed by atoms with Crippen LogP contribution in [0.1, 0.15) is 28.4 Å². The second kappa shape index (κ2) is 7.60. The van der Waals surface area contributed by atoms with Crippen LogP contribution in [-0.2, 0) is 0 Å². The van der Waals surface area contributed by atoms with Gasteiger partial charge in [0.1, 0.15) is 5.75 Å². The maximum Gasteiger partial charge on any atom is 0.257 e. The normalized spacial score (nSPS) is 14.5. The molecule has 4 heteroatoms. The average Bonchev–Trinajstić information content (AvgIpc) is 2.64. The molecule has 0 bridgehead atoms. The number of anilines is 1. The van der Waals surface area contributed by atoms with Gasteiger partial charge in [-0.1, -0.05) is 24.3 Å². The van der Waals surface area contributed by atoms with E-state index in [1.165, 1.54) is 16.8 Å². The number of ether oxygens (including phenoxy) is 1. The first-order chi connectivity index (χ1) is 12.1. The van der Waals surface area contributed by atoms with Crippen LogP contribution in [0.2, 0.25) is 0 Å². The predicted octanol–water partition coefficient (Wildman–Crippen LogP) is 3.66. The van der Waals surface area contributed by atoms with Gasteiger partial charge in [-0.3, -0.25) is 4.79 Å². The van der Waals surface area contributed by atoms with Crippen LogP contribution in [-0.4, -0.2) is 43.6 Å². The molecule has 2 aromatic carbocycles. The summed E-state index contributed by atoms with van der Waals surface area (Å²) in [6.07, 6.45) is 0. The van der Waals surface area contributed by atoms with Gasteiger partial charge in [-0.05, 0) is 50.1 Å². The van der Waals surface area contributed by atoms with E-state index < -0.39 is 0 Å². The fourth-order valence-corrected chi connectivity index (χ4v) is 3.32. The number of piperazine rings is 1. The molecule has 0 spiro atoms. The Morgan fingerprint density at radius 1 is 1.00 bits per heavy atom. The third kappa shape index (κ3) is 3.63. The van der Waals surface area contributed by atoms with Crippen molar-refractivity contribution in [1.29, 1.82) is 0 Å². The summed E-state index contributed by atoms with van der Waals surface area (Å²) in [5, 5.41) is 0. The summed E-state index contributed by atoms with van der Waals surface area (Å²) >= 11 is 0. The van der Waals surface area contributed by atoms with Gasteiger partial charge >= 0.3 is 0 Å². The molecule has 25 heavy (non-hydrogen) atoms. The van der Waals surface area contributed by atoms with Gasteiger partial charge in [0, 0.05) is 31.9 Å². The van der Waals surface area contributed by atoms with Crippen molar-refractivity contribution in [1.82, 2.24) is 4.90 Å². The quantitative estimate of drug-likeness (QED) is 0.853. The summed E-state index contributed by atoms with van der Waals surface area (Å²) in [4.78, 5) is 17.2. The largest absolute Gasteiger partial charge is 0.493 e. The highest BCUT2D eigenvalue weighted by Crippen LogP contribution is 2.25. The molecule has 4 nitrogen and oxygen atoms in total. The predicted molar refractivity (Wildman–Crippen MR) is 102 cm³/mol. The zero-order chi connectivity index (χ0) is 17.8. The molecule has 1 saturated heterocycles. The fourth-order valence-electron chi connectivity index (χ4n) is 3.32. The molecule has 1 aliphatic rings. The Balaban J connectivity index is 1.70. The van der Waals surface area contributed by atoms with Crippen LogP contribution in [0, 0.1) is 13.8 Å². The zero-order valence-corrected chi connectivity index (χ0v) is 15.3. The maximum absolute atomic E-state index is 12.9. The first kappa shape index (κ1) is 17.3. The molecular formula is C21H26N2O2. The lowest BCUT2D eigenvalue weighted by Gasteiger charge is -2.37. The van der Waals surface area contributed by atoms with Crippen LogP contribution in [0.25, 0.3) is 0 Å². The topological polar surface area (TPSA) is 32.8 Å². The first-order valence-electron chi connectivity index (χ1n) is 8.94. The lowest BCUT2D eigenvalue weighted by Crippen LogP contribution is -2.49. The van der Waals surface area contributed by atoms with Crippen molar-refractivity contribution in [3.63, 3.8) is 0 Å². The molecule has 0 saturated carbocycles. The highest BCUT2D eigenvalue weighted by molar-refractivity contribution is 5.97. The Hall–Kier alpha value is -2.49. The summed E-state index contributed by atoms with van der Waals surface area (Å²) in [7, 11) is 0. The van der Waals surface area contributed by atoms with Crippen molar-refractivity contribution >= 4 is 11.6 Å². The summed E-state index contributed by atoms with van der Waals surface area (Å²) < 4.78 is 5.61. The molecule has 2 aromatic rings. The fraction of sp³-hybridized carbons (Fsp3) is 0.381. The Kier molecular flexibility index (Phi) is 5.27. The number of rotatable bonds is 4. The van der Waals surface area contributed by atoms with E-state index in [4.69, 9.17) is 4.74 Å². The number of aryl methyl sites for hydroxylation is 1. The molecular weight excluding hydrogens is 312 g/mol. The van der Waals surface area contributed by atoms with Gasteiger partial charge in [0.2, 0.25) is 0 Å². The van der Waals surface area contributed by atoms with Gasteiger partial charge < -0.3 is 14.5 Å². The van der Waals surface area contributed by atoms with Crippen LogP contribution in [0.4, 0.5) is 5.69 Å². The first-order valence-corrected chi connectivity index (χ1v) is 8.94. The van der Waals surface area contributed by atoms with Crippen LogP contribution >= 0.6 is 0 Å². The number of hydrogen-bond acceptors (Lipinski definition) is 3. The number of amides is 1. The molecule has 1 aliphatic heterocycles. The lowest BCUT2D eigenvalue weighted by molar-refractivity contribution is 0.0742. The summed E-state index contributed by atoms with van der Waals surface area (Å²) in [5.74, 6) is 0.733. The van der Waals surface area contributed by atoms with Crippen molar-refractivity contribution in [2.45, 2.75) is 20.8 Å². The molecule has 1 fully saturated rings. The van der Waals surface area contributed by atoms with Gasteiger partial charge in [0.25, 0.3) is 5.91 Å². The maximum atomic E-state index is 12.9. The minimum absolute atomic E-state index is 0.0599. The third-order valence-corrected chi connectivity index (χ3v) is 4.90. The number of carbonyl (C=O) groups is 1. The van der Waals surface area contributed by atoms with Crippen molar-refractivity contribution in [3.8, 4) is 5.75 Å². The number of nitrogens with zero attached hydrogens (tertiary/aromatic N) is 2. The second-order valence-electron chi connectivity index (χ2n) is 6.43. The molecule has 1 heterocycles. The van der Waals surface area contributed by atoms with E-state index in [1.54, 1.807) is 0 Å². The SMILES string of the molecule is CCOc1ccccc1C(=O)N1CCN(c2cccc(C)c2C)CC1. The zero-order valence-electron chi connectivity index (χ0n) is 15.3. The van der Waals surface area contributed by atoms with Crippen molar-refractivity contribution in [2.24, 2.45) is 0 Å². The second-order valence-corrected chi connectivity index (χ2v) is 6.43. The van der Waals surface area contributed by atoms with E-state index in [2.05, 4.69) is 36.9 Å². The Morgan fingerprint density at radius 2 is 1.72 bits per heavy atom.